The van der Waals surface area contributed by atoms with E-state index < -0.39 is 11.9 Å². The number of methoxy groups -OCH3 is 2. The Kier molecular flexibility index (Phi) is 8.95. The predicted molar refractivity (Wildman–Crippen MR) is 125 cm³/mol. The predicted octanol–water partition coefficient (Wildman–Crippen LogP) is 4.60. The molecule has 0 radical (unpaired) electrons. The standard InChI is InChI=1S/C25H30ClFN2O4/c1-32-21-13-10-18(14-22(21)33-2)24(25(31)28-20-6-4-3-5-7-20)29(23(30)15-26)16-17-8-11-19(27)12-9-17/h8-14,20,24H,3-7,15-16H2,1-2H3,(H,28,31)/t24-/m0/s1. The number of carbonyl (C=O) groups excluding carboxylic acids is 2. The number of ether oxygens (including phenoxy) is 2. The molecule has 1 saturated carbocycles. The quantitative estimate of drug-likeness (QED) is 0.537. The van der Waals surface area contributed by atoms with Crippen LogP contribution in [0.1, 0.15) is 49.3 Å². The maximum Gasteiger partial charge on any atom is 0.247 e. The summed E-state index contributed by atoms with van der Waals surface area (Å²) in [7, 11) is 3.04. The van der Waals surface area contributed by atoms with Crippen LogP contribution in [0.4, 0.5) is 4.39 Å². The van der Waals surface area contributed by atoms with Crippen LogP contribution in [0, 0.1) is 5.82 Å². The lowest BCUT2D eigenvalue weighted by Gasteiger charge is -2.33. The van der Waals surface area contributed by atoms with Gasteiger partial charge >= 0.3 is 0 Å². The molecule has 2 aromatic rings. The molecule has 1 N–H and O–H groups in total. The Balaban J connectivity index is 2.00. The van der Waals surface area contributed by atoms with Crippen LogP contribution < -0.4 is 14.8 Å². The smallest absolute Gasteiger partial charge is 0.247 e. The zero-order chi connectivity index (χ0) is 23.8. The van der Waals surface area contributed by atoms with E-state index in [0.717, 1.165) is 32.1 Å². The molecule has 2 amide bonds. The molecule has 1 fully saturated rings. The number of benzene rings is 2. The molecule has 6 nitrogen and oxygen atoms in total. The van der Waals surface area contributed by atoms with E-state index in [1.54, 1.807) is 30.3 Å². The topological polar surface area (TPSA) is 67.9 Å². The van der Waals surface area contributed by atoms with Gasteiger partial charge in [0.25, 0.3) is 0 Å². The van der Waals surface area contributed by atoms with Crippen LogP contribution in [-0.4, -0.2) is 42.9 Å². The number of halogens is 2. The molecule has 0 aromatic heterocycles. The third kappa shape index (κ3) is 6.38. The molecule has 0 heterocycles. The van der Waals surface area contributed by atoms with E-state index >= 15 is 0 Å². The van der Waals surface area contributed by atoms with E-state index in [2.05, 4.69) is 5.32 Å². The first-order valence-electron chi connectivity index (χ1n) is 11.1. The molecule has 1 aliphatic carbocycles. The lowest BCUT2D eigenvalue weighted by molar-refractivity contribution is -0.140. The summed E-state index contributed by atoms with van der Waals surface area (Å²) in [6, 6.07) is 10.1. The van der Waals surface area contributed by atoms with Crippen molar-refractivity contribution in [2.24, 2.45) is 0 Å². The van der Waals surface area contributed by atoms with Crippen LogP contribution in [0.2, 0.25) is 0 Å². The summed E-state index contributed by atoms with van der Waals surface area (Å²) in [5, 5.41) is 3.13. The molecule has 0 unspecified atom stereocenters. The molecular formula is C25H30ClFN2O4. The van der Waals surface area contributed by atoms with Crippen LogP contribution in [0.25, 0.3) is 0 Å². The van der Waals surface area contributed by atoms with Gasteiger partial charge in [0.05, 0.1) is 14.2 Å². The number of hydrogen-bond acceptors (Lipinski definition) is 4. The van der Waals surface area contributed by atoms with Crippen molar-refractivity contribution in [2.45, 2.75) is 50.7 Å². The van der Waals surface area contributed by atoms with Crippen molar-refractivity contribution in [1.82, 2.24) is 10.2 Å². The third-order valence-electron chi connectivity index (χ3n) is 5.94. The average molecular weight is 477 g/mol. The van der Waals surface area contributed by atoms with E-state index in [1.807, 2.05) is 0 Å². The number of amides is 2. The second-order valence-electron chi connectivity index (χ2n) is 8.14. The van der Waals surface area contributed by atoms with Crippen molar-refractivity contribution < 1.29 is 23.5 Å². The monoisotopic (exact) mass is 476 g/mol. The molecule has 1 atom stereocenters. The van der Waals surface area contributed by atoms with Gasteiger partial charge in [-0.15, -0.1) is 11.6 Å². The van der Waals surface area contributed by atoms with Crippen molar-refractivity contribution in [1.29, 1.82) is 0 Å². The van der Waals surface area contributed by atoms with Crippen molar-refractivity contribution in [2.75, 3.05) is 20.1 Å². The Morgan fingerprint density at radius 2 is 1.73 bits per heavy atom. The molecule has 1 aliphatic rings. The van der Waals surface area contributed by atoms with Gasteiger partial charge in [0.15, 0.2) is 11.5 Å². The molecular weight excluding hydrogens is 447 g/mol. The van der Waals surface area contributed by atoms with E-state index in [1.165, 1.54) is 31.3 Å². The van der Waals surface area contributed by atoms with Gasteiger partial charge in [0.2, 0.25) is 11.8 Å². The number of hydrogen-bond donors (Lipinski definition) is 1. The second-order valence-corrected chi connectivity index (χ2v) is 8.41. The Labute approximate surface area is 199 Å². The summed E-state index contributed by atoms with van der Waals surface area (Å²) < 4.78 is 24.2. The minimum Gasteiger partial charge on any atom is -0.493 e. The van der Waals surface area contributed by atoms with Crippen molar-refractivity contribution in [3.8, 4) is 11.5 Å². The van der Waals surface area contributed by atoms with Gasteiger partial charge in [0, 0.05) is 12.6 Å². The number of nitrogens with zero attached hydrogens (tertiary/aromatic N) is 1. The van der Waals surface area contributed by atoms with Gasteiger partial charge in [-0.05, 0) is 48.2 Å². The van der Waals surface area contributed by atoms with Crippen LogP contribution in [0.3, 0.4) is 0 Å². The Morgan fingerprint density at radius 1 is 1.06 bits per heavy atom. The van der Waals surface area contributed by atoms with E-state index in [0.29, 0.717) is 22.6 Å². The summed E-state index contributed by atoms with van der Waals surface area (Å²) in [5.41, 5.74) is 1.26. The van der Waals surface area contributed by atoms with E-state index in [-0.39, 0.29) is 30.2 Å². The number of nitrogens with one attached hydrogen (secondary N) is 1. The number of alkyl halides is 1. The van der Waals surface area contributed by atoms with Gasteiger partial charge in [-0.3, -0.25) is 9.59 Å². The highest BCUT2D eigenvalue weighted by Crippen LogP contribution is 2.33. The summed E-state index contributed by atoms with van der Waals surface area (Å²) in [6.07, 6.45) is 5.10. The summed E-state index contributed by atoms with van der Waals surface area (Å²) in [5.74, 6) is -0.386. The molecule has 8 heteroatoms. The number of carbonyl (C=O) groups is 2. The molecule has 178 valence electrons. The largest absolute Gasteiger partial charge is 0.493 e. The van der Waals surface area contributed by atoms with Crippen LogP contribution >= 0.6 is 11.6 Å². The zero-order valence-corrected chi connectivity index (χ0v) is 19.7. The molecule has 33 heavy (non-hydrogen) atoms. The van der Waals surface area contributed by atoms with Crippen LogP contribution in [-0.2, 0) is 16.1 Å². The van der Waals surface area contributed by atoms with Gasteiger partial charge in [-0.25, -0.2) is 4.39 Å². The SMILES string of the molecule is COc1ccc([C@@H](C(=O)NC2CCCCC2)N(Cc2ccc(F)cc2)C(=O)CCl)cc1OC. The lowest BCUT2D eigenvalue weighted by atomic mass is 9.94. The first-order valence-corrected chi connectivity index (χ1v) is 11.6. The highest BCUT2D eigenvalue weighted by Gasteiger charge is 2.33. The first kappa shape index (κ1) is 24.8. The first-order chi connectivity index (χ1) is 16.0. The Hall–Kier alpha value is -2.80. The van der Waals surface area contributed by atoms with Gasteiger partial charge in [0.1, 0.15) is 17.7 Å². The maximum atomic E-state index is 13.6. The van der Waals surface area contributed by atoms with Gasteiger partial charge in [-0.2, -0.15) is 0 Å². The fraction of sp³-hybridized carbons (Fsp3) is 0.440. The molecule has 3 rings (SSSR count). The fourth-order valence-corrected chi connectivity index (χ4v) is 4.36. The third-order valence-corrected chi connectivity index (χ3v) is 6.16. The molecule has 0 aliphatic heterocycles. The van der Waals surface area contributed by atoms with Crippen LogP contribution in [0.5, 0.6) is 11.5 Å². The summed E-state index contributed by atoms with van der Waals surface area (Å²) in [6.45, 7) is 0.100. The minimum atomic E-state index is -0.942. The molecule has 0 spiro atoms. The Bertz CT molecular complexity index is 948. The highest BCUT2D eigenvalue weighted by atomic mass is 35.5. The normalized spacial score (nSPS) is 14.9. The summed E-state index contributed by atoms with van der Waals surface area (Å²) >= 11 is 5.94. The van der Waals surface area contributed by atoms with Gasteiger partial charge in [-0.1, -0.05) is 37.5 Å². The Morgan fingerprint density at radius 3 is 2.33 bits per heavy atom. The average Bonchev–Trinajstić information content (AvgIpc) is 2.84. The minimum absolute atomic E-state index is 0.0627. The van der Waals surface area contributed by atoms with E-state index in [9.17, 15) is 14.0 Å². The van der Waals surface area contributed by atoms with Gasteiger partial charge < -0.3 is 19.7 Å². The van der Waals surface area contributed by atoms with Crippen molar-refractivity contribution in [3.63, 3.8) is 0 Å². The van der Waals surface area contributed by atoms with Crippen molar-refractivity contribution >= 4 is 23.4 Å². The molecule has 0 bridgehead atoms. The highest BCUT2D eigenvalue weighted by molar-refractivity contribution is 6.27. The lowest BCUT2D eigenvalue weighted by Crippen LogP contribution is -2.47. The fourth-order valence-electron chi connectivity index (χ4n) is 4.21. The summed E-state index contributed by atoms with van der Waals surface area (Å²) in [4.78, 5) is 28.0. The number of rotatable bonds is 9. The maximum absolute atomic E-state index is 13.6. The van der Waals surface area contributed by atoms with Crippen LogP contribution in [0.15, 0.2) is 42.5 Å². The second kappa shape index (κ2) is 11.9. The molecule has 2 aromatic carbocycles. The molecule has 0 saturated heterocycles. The zero-order valence-electron chi connectivity index (χ0n) is 19.0. The van der Waals surface area contributed by atoms with E-state index in [4.69, 9.17) is 21.1 Å². The van der Waals surface area contributed by atoms with Crippen molar-refractivity contribution in [3.05, 3.63) is 59.4 Å².